The second-order valence-electron chi connectivity index (χ2n) is 8.34. The minimum absolute atomic E-state index is 0.0621. The van der Waals surface area contributed by atoms with E-state index in [0.29, 0.717) is 16.5 Å². The maximum absolute atomic E-state index is 13.4. The second-order valence-corrected chi connectivity index (χ2v) is 8.34. The van der Waals surface area contributed by atoms with Crippen LogP contribution in [0.5, 0.6) is 0 Å². The van der Waals surface area contributed by atoms with Crippen LogP contribution in [0, 0.1) is 0 Å². The number of alkyl halides is 3. The zero-order valence-electron chi connectivity index (χ0n) is 17.9. The van der Waals surface area contributed by atoms with Gasteiger partial charge < -0.3 is 5.32 Å². The molecule has 32 heavy (non-hydrogen) atoms. The number of nitrogens with zero attached hydrogens (tertiary/aromatic N) is 2. The van der Waals surface area contributed by atoms with Crippen LogP contribution < -0.4 is 5.32 Å². The van der Waals surface area contributed by atoms with Gasteiger partial charge in [0.05, 0.1) is 22.8 Å². The minimum atomic E-state index is -4.42. The minimum Gasteiger partial charge on any atom is -0.345 e. The van der Waals surface area contributed by atoms with Crippen molar-refractivity contribution in [2.24, 2.45) is 0 Å². The van der Waals surface area contributed by atoms with Gasteiger partial charge in [0.25, 0.3) is 5.91 Å². The Labute approximate surface area is 183 Å². The van der Waals surface area contributed by atoms with E-state index in [1.165, 1.54) is 6.07 Å². The number of pyridine rings is 2. The van der Waals surface area contributed by atoms with Crippen molar-refractivity contribution < 1.29 is 18.0 Å². The van der Waals surface area contributed by atoms with Gasteiger partial charge in [-0.25, -0.2) is 0 Å². The number of nitrogens with one attached hydrogen (secondary N) is 1. The number of hydrogen-bond donors (Lipinski definition) is 1. The van der Waals surface area contributed by atoms with E-state index >= 15 is 0 Å². The Morgan fingerprint density at radius 2 is 1.72 bits per heavy atom. The lowest BCUT2D eigenvalue weighted by Gasteiger charge is -2.27. The average molecular weight is 437 g/mol. The van der Waals surface area contributed by atoms with Crippen molar-refractivity contribution in [3.8, 4) is 0 Å². The zero-order chi connectivity index (χ0) is 23.1. The van der Waals surface area contributed by atoms with Crippen LogP contribution in [0.2, 0.25) is 0 Å². The number of benzene rings is 2. The van der Waals surface area contributed by atoms with Crippen molar-refractivity contribution in [1.29, 1.82) is 0 Å². The highest BCUT2D eigenvalue weighted by atomic mass is 19.4. The monoisotopic (exact) mass is 437 g/mol. The van der Waals surface area contributed by atoms with E-state index in [0.717, 1.165) is 30.3 Å². The van der Waals surface area contributed by atoms with Gasteiger partial charge in [-0.3, -0.25) is 14.8 Å². The van der Waals surface area contributed by atoms with E-state index in [1.54, 1.807) is 30.5 Å². The molecule has 4 rings (SSSR count). The zero-order valence-corrected chi connectivity index (χ0v) is 17.9. The summed E-state index contributed by atoms with van der Waals surface area (Å²) in [6, 6.07) is 17.0. The third-order valence-electron chi connectivity index (χ3n) is 5.80. The summed E-state index contributed by atoms with van der Waals surface area (Å²) in [5, 5.41) is 4.55. The molecule has 4 nitrogen and oxygen atoms in total. The summed E-state index contributed by atoms with van der Waals surface area (Å²) in [4.78, 5) is 21.4. The van der Waals surface area contributed by atoms with Gasteiger partial charge in [0, 0.05) is 22.5 Å². The van der Waals surface area contributed by atoms with Gasteiger partial charge >= 0.3 is 6.18 Å². The van der Waals surface area contributed by atoms with Crippen LogP contribution in [-0.2, 0) is 5.41 Å². The molecule has 0 radical (unpaired) electrons. The number of para-hydroxylation sites is 1. The Morgan fingerprint density at radius 3 is 2.47 bits per heavy atom. The molecule has 7 heteroatoms. The molecule has 4 aromatic rings. The normalized spacial score (nSPS) is 13.3. The molecule has 2 aromatic heterocycles. The van der Waals surface area contributed by atoms with E-state index < -0.39 is 11.6 Å². The number of fused-ring (bicyclic) bond motifs is 2. The van der Waals surface area contributed by atoms with Gasteiger partial charge in [0.15, 0.2) is 0 Å². The van der Waals surface area contributed by atoms with E-state index in [-0.39, 0.29) is 17.6 Å². The molecule has 164 valence electrons. The molecule has 2 aromatic carbocycles. The maximum atomic E-state index is 13.4. The van der Waals surface area contributed by atoms with Crippen LogP contribution in [0.3, 0.4) is 0 Å². The topological polar surface area (TPSA) is 54.9 Å². The van der Waals surface area contributed by atoms with Gasteiger partial charge in [-0.15, -0.1) is 0 Å². The summed E-state index contributed by atoms with van der Waals surface area (Å²) in [5.41, 5.74) is 0.482. The maximum Gasteiger partial charge on any atom is 0.399 e. The second kappa shape index (κ2) is 7.89. The molecule has 1 N–H and O–H groups in total. The molecule has 0 bridgehead atoms. The molecule has 0 saturated carbocycles. The molecule has 0 aliphatic carbocycles. The van der Waals surface area contributed by atoms with E-state index in [1.807, 2.05) is 37.3 Å². The van der Waals surface area contributed by atoms with Crippen LogP contribution in [-0.4, -0.2) is 22.1 Å². The van der Waals surface area contributed by atoms with Crippen molar-refractivity contribution >= 4 is 27.7 Å². The van der Waals surface area contributed by atoms with Gasteiger partial charge in [0.2, 0.25) is 0 Å². The lowest BCUT2D eigenvalue weighted by atomic mass is 9.87. The third-order valence-corrected chi connectivity index (χ3v) is 5.80. The van der Waals surface area contributed by atoms with Gasteiger partial charge in [-0.1, -0.05) is 24.3 Å². The first-order valence-corrected chi connectivity index (χ1v) is 10.2. The van der Waals surface area contributed by atoms with Crippen LogP contribution in [0.4, 0.5) is 13.2 Å². The fourth-order valence-corrected chi connectivity index (χ4v) is 3.61. The Hall–Kier alpha value is -3.48. The van der Waals surface area contributed by atoms with Crippen molar-refractivity contribution in [1.82, 2.24) is 15.3 Å². The summed E-state index contributed by atoms with van der Waals surface area (Å²) < 4.78 is 40.1. The summed E-state index contributed by atoms with van der Waals surface area (Å²) in [6.45, 7) is 4.11. The Bertz CT molecular complexity index is 1310. The fraction of sp³-hybridized carbons (Fsp3) is 0.240. The largest absolute Gasteiger partial charge is 0.399 e. The first-order chi connectivity index (χ1) is 15.1. The molecule has 1 amide bonds. The SMILES string of the molecule is CC(NC(=O)c1ccc2nc(C(C)(C)C(F)(F)F)ccc2c1)c1ccnc2ccccc12. The lowest BCUT2D eigenvalue weighted by molar-refractivity contribution is -0.181. The fourth-order valence-electron chi connectivity index (χ4n) is 3.61. The number of rotatable bonds is 4. The molecule has 0 saturated heterocycles. The van der Waals surface area contributed by atoms with Crippen LogP contribution >= 0.6 is 0 Å². The highest BCUT2D eigenvalue weighted by Gasteiger charge is 2.49. The first-order valence-electron chi connectivity index (χ1n) is 10.2. The standard InChI is InChI=1S/C25H22F3N3O/c1-15(18-12-13-29-21-7-5-4-6-19(18)21)30-23(32)17-8-10-20-16(14-17)9-11-22(31-20)24(2,3)25(26,27)28/h4-15H,1-3H3,(H,30,32). The lowest BCUT2D eigenvalue weighted by Crippen LogP contribution is -2.37. The molecule has 2 heterocycles. The molecule has 1 atom stereocenters. The number of halogens is 3. The van der Waals surface area contributed by atoms with Gasteiger partial charge in [-0.2, -0.15) is 13.2 Å². The number of carbonyl (C=O) groups excluding carboxylic acids is 1. The molecule has 0 fully saturated rings. The number of carbonyl (C=O) groups is 1. The van der Waals surface area contributed by atoms with E-state index in [9.17, 15) is 18.0 Å². The molecular formula is C25H22F3N3O. The van der Waals surface area contributed by atoms with Crippen molar-refractivity contribution in [3.05, 3.63) is 83.7 Å². The summed E-state index contributed by atoms with van der Waals surface area (Å²) in [5.74, 6) is -0.278. The molecule has 0 spiro atoms. The highest BCUT2D eigenvalue weighted by molar-refractivity contribution is 5.98. The number of amides is 1. The van der Waals surface area contributed by atoms with Crippen LogP contribution in [0.15, 0.2) is 66.9 Å². The first kappa shape index (κ1) is 21.7. The van der Waals surface area contributed by atoms with Crippen molar-refractivity contribution in [3.63, 3.8) is 0 Å². The quantitative estimate of drug-likeness (QED) is 0.419. The molecule has 1 unspecified atom stereocenters. The molecule has 0 aliphatic rings. The Kier molecular flexibility index (Phi) is 5.36. The smallest absolute Gasteiger partial charge is 0.345 e. The van der Waals surface area contributed by atoms with Gasteiger partial charge in [-0.05, 0) is 62.7 Å². The van der Waals surface area contributed by atoms with Crippen LogP contribution in [0.25, 0.3) is 21.8 Å². The summed E-state index contributed by atoms with van der Waals surface area (Å²) >= 11 is 0. The summed E-state index contributed by atoms with van der Waals surface area (Å²) in [7, 11) is 0. The highest BCUT2D eigenvalue weighted by Crippen LogP contribution is 2.40. The predicted molar refractivity (Wildman–Crippen MR) is 118 cm³/mol. The number of hydrogen-bond acceptors (Lipinski definition) is 3. The molecule has 0 aliphatic heterocycles. The summed E-state index contributed by atoms with van der Waals surface area (Å²) in [6.07, 6.45) is -2.71. The number of aromatic nitrogens is 2. The van der Waals surface area contributed by atoms with E-state index in [2.05, 4.69) is 15.3 Å². The van der Waals surface area contributed by atoms with Crippen molar-refractivity contribution in [2.75, 3.05) is 0 Å². The van der Waals surface area contributed by atoms with Crippen LogP contribution in [0.1, 0.15) is 48.4 Å². The average Bonchev–Trinajstić information content (AvgIpc) is 2.77. The predicted octanol–water partition coefficient (Wildman–Crippen LogP) is 6.11. The molecular weight excluding hydrogens is 415 g/mol. The van der Waals surface area contributed by atoms with E-state index in [4.69, 9.17) is 0 Å². The third kappa shape index (κ3) is 3.90. The Morgan fingerprint density at radius 1 is 0.969 bits per heavy atom. The van der Waals surface area contributed by atoms with Gasteiger partial charge in [0.1, 0.15) is 5.41 Å². The Balaban J connectivity index is 1.59. The van der Waals surface area contributed by atoms with Crippen molar-refractivity contribution in [2.45, 2.75) is 38.4 Å².